The molecule has 0 saturated carbocycles. The molecule has 1 unspecified atom stereocenters. The van der Waals surface area contributed by atoms with Crippen LogP contribution in [0.1, 0.15) is 26.3 Å². The lowest BCUT2D eigenvalue weighted by atomic mass is 10.2. The van der Waals surface area contributed by atoms with E-state index in [0.29, 0.717) is 18.1 Å². The highest BCUT2D eigenvalue weighted by Gasteiger charge is 2.21. The summed E-state index contributed by atoms with van der Waals surface area (Å²) in [5.74, 6) is 0.492. The standard InChI is InChI=1S/C13H21N5O3/c1-5-8(2)18-10-9(15-12(18)14-6-7-19)11(20)17(4)13(21)16(10)3/h8,19H,5-7H2,1-4H3,(H,14,15). The number of aliphatic hydroxyl groups excluding tert-OH is 1. The molecule has 0 amide bonds. The molecule has 0 aliphatic rings. The Bertz CT molecular complexity index is 771. The first-order valence-corrected chi connectivity index (χ1v) is 6.96. The smallest absolute Gasteiger partial charge is 0.332 e. The van der Waals surface area contributed by atoms with E-state index in [1.807, 2.05) is 18.4 Å². The van der Waals surface area contributed by atoms with E-state index in [0.717, 1.165) is 11.0 Å². The Kier molecular flexibility index (Phi) is 4.17. The van der Waals surface area contributed by atoms with Gasteiger partial charge in [-0.15, -0.1) is 0 Å². The largest absolute Gasteiger partial charge is 0.395 e. The second-order valence-electron chi connectivity index (χ2n) is 5.09. The predicted octanol–water partition coefficient (Wildman–Crippen LogP) is -0.191. The van der Waals surface area contributed by atoms with E-state index in [9.17, 15) is 9.59 Å². The Morgan fingerprint density at radius 3 is 2.52 bits per heavy atom. The van der Waals surface area contributed by atoms with Gasteiger partial charge in [0, 0.05) is 26.7 Å². The van der Waals surface area contributed by atoms with Gasteiger partial charge in [0.25, 0.3) is 5.56 Å². The number of imidazole rings is 1. The zero-order valence-electron chi connectivity index (χ0n) is 12.8. The molecule has 8 nitrogen and oxygen atoms in total. The number of nitrogens with one attached hydrogen (secondary N) is 1. The molecular formula is C13H21N5O3. The fourth-order valence-electron chi connectivity index (χ4n) is 2.34. The molecule has 0 radical (unpaired) electrons. The van der Waals surface area contributed by atoms with Crippen LogP contribution in [0.25, 0.3) is 11.2 Å². The minimum absolute atomic E-state index is 0.0410. The number of nitrogens with zero attached hydrogens (tertiary/aromatic N) is 4. The SMILES string of the molecule is CCC(C)n1c(NCCO)nc2c(=O)n(C)c(=O)n(C)c21. The molecule has 0 aromatic carbocycles. The predicted molar refractivity (Wildman–Crippen MR) is 80.8 cm³/mol. The topological polar surface area (TPSA) is 94.1 Å². The quantitative estimate of drug-likeness (QED) is 0.797. The molecule has 0 fully saturated rings. The first-order valence-electron chi connectivity index (χ1n) is 6.96. The molecule has 1 atom stereocenters. The van der Waals surface area contributed by atoms with E-state index in [-0.39, 0.29) is 23.9 Å². The lowest BCUT2D eigenvalue weighted by Gasteiger charge is -2.17. The summed E-state index contributed by atoms with van der Waals surface area (Å²) >= 11 is 0. The molecular weight excluding hydrogens is 274 g/mol. The summed E-state index contributed by atoms with van der Waals surface area (Å²) in [6, 6.07) is 0.0638. The number of hydrogen-bond acceptors (Lipinski definition) is 5. The minimum atomic E-state index is -0.415. The summed E-state index contributed by atoms with van der Waals surface area (Å²) in [6.07, 6.45) is 0.822. The number of anilines is 1. The average Bonchev–Trinajstić information content (AvgIpc) is 2.87. The molecule has 2 N–H and O–H groups in total. The first-order chi connectivity index (χ1) is 9.93. The fraction of sp³-hybridized carbons (Fsp3) is 0.615. The molecule has 116 valence electrons. The third kappa shape index (κ3) is 2.35. The lowest BCUT2D eigenvalue weighted by molar-refractivity contribution is 0.310. The minimum Gasteiger partial charge on any atom is -0.395 e. The van der Waals surface area contributed by atoms with Crippen LogP contribution in [-0.2, 0) is 14.1 Å². The number of aliphatic hydroxyl groups is 1. The van der Waals surface area contributed by atoms with Gasteiger partial charge >= 0.3 is 5.69 Å². The van der Waals surface area contributed by atoms with E-state index in [1.54, 1.807) is 7.05 Å². The van der Waals surface area contributed by atoms with Gasteiger partial charge in [0.05, 0.1) is 6.61 Å². The van der Waals surface area contributed by atoms with Crippen molar-refractivity contribution in [2.45, 2.75) is 26.3 Å². The van der Waals surface area contributed by atoms with Crippen LogP contribution in [0.4, 0.5) is 5.95 Å². The number of fused-ring (bicyclic) bond motifs is 1. The van der Waals surface area contributed by atoms with E-state index in [1.165, 1.54) is 11.6 Å². The molecule has 0 bridgehead atoms. The van der Waals surface area contributed by atoms with Crippen LogP contribution >= 0.6 is 0 Å². The summed E-state index contributed by atoms with van der Waals surface area (Å²) in [4.78, 5) is 28.7. The second-order valence-corrected chi connectivity index (χ2v) is 5.09. The van der Waals surface area contributed by atoms with Crippen LogP contribution in [0, 0.1) is 0 Å². The Morgan fingerprint density at radius 2 is 1.95 bits per heavy atom. The maximum Gasteiger partial charge on any atom is 0.332 e. The third-order valence-corrected chi connectivity index (χ3v) is 3.71. The molecule has 2 aromatic heterocycles. The summed E-state index contributed by atoms with van der Waals surface area (Å²) in [7, 11) is 3.06. The summed E-state index contributed by atoms with van der Waals surface area (Å²) in [5.41, 5.74) is -0.0499. The highest BCUT2D eigenvalue weighted by atomic mass is 16.3. The molecule has 8 heteroatoms. The molecule has 2 heterocycles. The number of rotatable bonds is 5. The average molecular weight is 295 g/mol. The van der Waals surface area contributed by atoms with Crippen molar-refractivity contribution in [3.05, 3.63) is 20.8 Å². The summed E-state index contributed by atoms with van der Waals surface area (Å²) in [5, 5.41) is 12.0. The summed E-state index contributed by atoms with van der Waals surface area (Å²) in [6.45, 7) is 4.30. The van der Waals surface area contributed by atoms with Crippen LogP contribution in [0.2, 0.25) is 0 Å². The van der Waals surface area contributed by atoms with Gasteiger partial charge < -0.3 is 10.4 Å². The van der Waals surface area contributed by atoms with Crippen LogP contribution < -0.4 is 16.6 Å². The van der Waals surface area contributed by atoms with Gasteiger partial charge in [-0.3, -0.25) is 18.5 Å². The Balaban J connectivity index is 2.87. The molecule has 0 spiro atoms. The van der Waals surface area contributed by atoms with Crippen molar-refractivity contribution in [2.75, 3.05) is 18.5 Å². The van der Waals surface area contributed by atoms with Crippen molar-refractivity contribution in [3.8, 4) is 0 Å². The van der Waals surface area contributed by atoms with Crippen molar-refractivity contribution < 1.29 is 5.11 Å². The van der Waals surface area contributed by atoms with Crippen molar-refractivity contribution in [1.29, 1.82) is 0 Å². The monoisotopic (exact) mass is 295 g/mol. The van der Waals surface area contributed by atoms with Gasteiger partial charge in [-0.1, -0.05) is 6.92 Å². The fourth-order valence-corrected chi connectivity index (χ4v) is 2.34. The maximum absolute atomic E-state index is 12.2. The zero-order chi connectivity index (χ0) is 15.7. The van der Waals surface area contributed by atoms with Gasteiger partial charge in [-0.05, 0) is 13.3 Å². The second kappa shape index (κ2) is 5.72. The number of hydrogen-bond donors (Lipinski definition) is 2. The van der Waals surface area contributed by atoms with Gasteiger partial charge in [0.2, 0.25) is 5.95 Å². The Morgan fingerprint density at radius 1 is 1.29 bits per heavy atom. The molecule has 0 saturated heterocycles. The van der Waals surface area contributed by atoms with Gasteiger partial charge in [-0.25, -0.2) is 9.78 Å². The van der Waals surface area contributed by atoms with Crippen LogP contribution in [0.5, 0.6) is 0 Å². The highest BCUT2D eigenvalue weighted by molar-refractivity contribution is 5.74. The maximum atomic E-state index is 12.2. The number of aromatic nitrogens is 4. The van der Waals surface area contributed by atoms with Crippen molar-refractivity contribution >= 4 is 17.1 Å². The van der Waals surface area contributed by atoms with Crippen LogP contribution in [-0.4, -0.2) is 36.9 Å². The van der Waals surface area contributed by atoms with Crippen LogP contribution in [0.15, 0.2) is 9.59 Å². The summed E-state index contributed by atoms with van der Waals surface area (Å²) < 4.78 is 4.32. The van der Waals surface area contributed by atoms with E-state index in [4.69, 9.17) is 5.11 Å². The molecule has 0 aliphatic carbocycles. The number of aryl methyl sites for hydroxylation is 1. The van der Waals surface area contributed by atoms with E-state index >= 15 is 0 Å². The normalized spacial score (nSPS) is 12.8. The van der Waals surface area contributed by atoms with E-state index < -0.39 is 5.56 Å². The Labute approximate surface area is 121 Å². The first kappa shape index (κ1) is 15.3. The third-order valence-electron chi connectivity index (χ3n) is 3.71. The molecule has 21 heavy (non-hydrogen) atoms. The van der Waals surface area contributed by atoms with Gasteiger partial charge in [0.15, 0.2) is 11.2 Å². The van der Waals surface area contributed by atoms with Crippen molar-refractivity contribution in [2.24, 2.45) is 14.1 Å². The van der Waals surface area contributed by atoms with E-state index in [2.05, 4.69) is 10.3 Å². The molecule has 2 rings (SSSR count). The zero-order valence-corrected chi connectivity index (χ0v) is 12.8. The molecule has 0 aliphatic heterocycles. The highest BCUT2D eigenvalue weighted by Crippen LogP contribution is 2.23. The Hall–Kier alpha value is -2.09. The van der Waals surface area contributed by atoms with Crippen molar-refractivity contribution in [3.63, 3.8) is 0 Å². The molecule has 2 aromatic rings. The van der Waals surface area contributed by atoms with Crippen molar-refractivity contribution in [1.82, 2.24) is 18.7 Å². The lowest BCUT2D eigenvalue weighted by Crippen LogP contribution is -2.37. The van der Waals surface area contributed by atoms with Crippen LogP contribution in [0.3, 0.4) is 0 Å². The van der Waals surface area contributed by atoms with Gasteiger partial charge in [-0.2, -0.15) is 0 Å². The van der Waals surface area contributed by atoms with Gasteiger partial charge in [0.1, 0.15) is 0 Å².